The van der Waals surface area contributed by atoms with Gasteiger partial charge in [0.1, 0.15) is 11.8 Å². The van der Waals surface area contributed by atoms with Crippen LogP contribution in [0.3, 0.4) is 0 Å². The molecule has 0 aromatic heterocycles. The van der Waals surface area contributed by atoms with Gasteiger partial charge < -0.3 is 15.2 Å². The highest BCUT2D eigenvalue weighted by molar-refractivity contribution is 6.23. The van der Waals surface area contributed by atoms with Gasteiger partial charge in [0.2, 0.25) is 5.91 Å². The van der Waals surface area contributed by atoms with Crippen LogP contribution in [0.25, 0.3) is 0 Å². The Labute approximate surface area is 156 Å². The van der Waals surface area contributed by atoms with Gasteiger partial charge in [-0.25, -0.2) is 4.90 Å². The third kappa shape index (κ3) is 4.25. The summed E-state index contributed by atoms with van der Waals surface area (Å²) in [6, 6.07) is 12.9. The van der Waals surface area contributed by atoms with Crippen LogP contribution in [0.4, 0.5) is 11.4 Å². The van der Waals surface area contributed by atoms with Crippen molar-refractivity contribution < 1.29 is 24.2 Å². The van der Waals surface area contributed by atoms with Gasteiger partial charge in [-0.1, -0.05) is 12.1 Å². The van der Waals surface area contributed by atoms with Gasteiger partial charge >= 0.3 is 5.97 Å². The topological polar surface area (TPSA) is 95.9 Å². The summed E-state index contributed by atoms with van der Waals surface area (Å²) in [6.45, 7) is 2.42. The molecule has 0 radical (unpaired) electrons. The lowest BCUT2D eigenvalue weighted by molar-refractivity contribution is -0.136. The molecule has 3 rings (SSSR count). The molecule has 2 N–H and O–H groups in total. The fraction of sp³-hybridized carbons (Fsp3) is 0.250. The molecule has 1 heterocycles. The van der Waals surface area contributed by atoms with Crippen molar-refractivity contribution in [3.63, 3.8) is 0 Å². The van der Waals surface area contributed by atoms with E-state index < -0.39 is 12.0 Å². The number of amides is 2. The summed E-state index contributed by atoms with van der Waals surface area (Å²) in [7, 11) is 0. The van der Waals surface area contributed by atoms with Crippen LogP contribution >= 0.6 is 0 Å². The number of carbonyl (C=O) groups is 3. The molecule has 7 heteroatoms. The third-order valence-corrected chi connectivity index (χ3v) is 4.20. The molecule has 1 aliphatic rings. The number of nitrogens with one attached hydrogen (secondary N) is 1. The minimum atomic E-state index is -0.904. The Hall–Kier alpha value is -3.35. The fourth-order valence-electron chi connectivity index (χ4n) is 2.97. The van der Waals surface area contributed by atoms with Crippen molar-refractivity contribution in [2.75, 3.05) is 16.8 Å². The van der Waals surface area contributed by atoms with E-state index in [0.717, 1.165) is 0 Å². The Bertz CT molecular complexity index is 846. The van der Waals surface area contributed by atoms with Crippen molar-refractivity contribution in [3.8, 4) is 5.75 Å². The van der Waals surface area contributed by atoms with Crippen molar-refractivity contribution in [2.24, 2.45) is 0 Å². The largest absolute Gasteiger partial charge is 0.494 e. The number of anilines is 2. The number of benzene rings is 2. The van der Waals surface area contributed by atoms with Crippen LogP contribution in [0.5, 0.6) is 5.75 Å². The maximum absolute atomic E-state index is 12.7. The molecule has 0 aliphatic carbocycles. The summed E-state index contributed by atoms with van der Waals surface area (Å²) in [4.78, 5) is 36.9. The molecule has 2 aromatic rings. The maximum atomic E-state index is 12.7. The van der Waals surface area contributed by atoms with Gasteiger partial charge in [0, 0.05) is 5.69 Å². The summed E-state index contributed by atoms with van der Waals surface area (Å²) in [5.41, 5.74) is 1.83. The molecule has 2 aromatic carbocycles. The molecule has 1 saturated heterocycles. The van der Waals surface area contributed by atoms with Crippen LogP contribution < -0.4 is 15.0 Å². The van der Waals surface area contributed by atoms with Gasteiger partial charge in [-0.05, 0) is 48.9 Å². The number of carbonyl (C=O) groups excluding carboxylic acids is 2. The fourth-order valence-corrected chi connectivity index (χ4v) is 2.97. The van der Waals surface area contributed by atoms with Crippen molar-refractivity contribution in [1.82, 2.24) is 0 Å². The van der Waals surface area contributed by atoms with E-state index in [0.29, 0.717) is 29.3 Å². The van der Waals surface area contributed by atoms with Gasteiger partial charge in [0.25, 0.3) is 5.91 Å². The summed E-state index contributed by atoms with van der Waals surface area (Å²) in [5.74, 6) is -0.822. The van der Waals surface area contributed by atoms with Crippen LogP contribution in [-0.2, 0) is 20.8 Å². The first-order chi connectivity index (χ1) is 13.0. The first kappa shape index (κ1) is 18.4. The van der Waals surface area contributed by atoms with E-state index >= 15 is 0 Å². The number of hydrogen-bond acceptors (Lipinski definition) is 5. The van der Waals surface area contributed by atoms with Crippen LogP contribution in [0, 0.1) is 0 Å². The number of carboxylic acids is 1. The van der Waals surface area contributed by atoms with E-state index in [2.05, 4.69) is 5.32 Å². The predicted molar refractivity (Wildman–Crippen MR) is 99.9 cm³/mol. The van der Waals surface area contributed by atoms with Gasteiger partial charge in [-0.2, -0.15) is 0 Å². The number of aliphatic carboxylic acids is 1. The molecule has 1 fully saturated rings. The molecule has 1 aliphatic heterocycles. The first-order valence-corrected chi connectivity index (χ1v) is 8.65. The van der Waals surface area contributed by atoms with Crippen LogP contribution in [0.1, 0.15) is 18.9 Å². The van der Waals surface area contributed by atoms with E-state index in [4.69, 9.17) is 9.84 Å². The molecule has 0 saturated carbocycles. The quantitative estimate of drug-likeness (QED) is 0.729. The SMILES string of the molecule is CCOc1ccc(N2C(=O)C[C@@H](Nc3ccc(CC(=O)O)cc3)C2=O)cc1. The average Bonchev–Trinajstić information content (AvgIpc) is 2.91. The van der Waals surface area contributed by atoms with Crippen LogP contribution in [0.15, 0.2) is 48.5 Å². The lowest BCUT2D eigenvalue weighted by Crippen LogP contribution is -2.34. The van der Waals surface area contributed by atoms with Crippen molar-refractivity contribution in [2.45, 2.75) is 25.8 Å². The number of nitrogens with zero attached hydrogens (tertiary/aromatic N) is 1. The Morgan fingerprint density at radius 3 is 2.41 bits per heavy atom. The minimum absolute atomic E-state index is 0.0585. The molecule has 140 valence electrons. The zero-order valence-electron chi connectivity index (χ0n) is 14.8. The van der Waals surface area contributed by atoms with Crippen molar-refractivity contribution >= 4 is 29.2 Å². The Kier molecular flexibility index (Phi) is 5.40. The highest BCUT2D eigenvalue weighted by Crippen LogP contribution is 2.27. The van der Waals surface area contributed by atoms with E-state index in [1.807, 2.05) is 6.92 Å². The average molecular weight is 368 g/mol. The van der Waals surface area contributed by atoms with Gasteiger partial charge in [-0.3, -0.25) is 14.4 Å². The molecule has 0 bridgehead atoms. The van der Waals surface area contributed by atoms with Crippen LogP contribution in [0.2, 0.25) is 0 Å². The second kappa shape index (κ2) is 7.90. The number of ether oxygens (including phenoxy) is 1. The van der Waals surface area contributed by atoms with Crippen molar-refractivity contribution in [1.29, 1.82) is 0 Å². The van der Waals surface area contributed by atoms with E-state index in [1.165, 1.54) is 4.90 Å². The van der Waals surface area contributed by atoms with E-state index in [9.17, 15) is 14.4 Å². The lowest BCUT2D eigenvalue weighted by atomic mass is 10.1. The molecule has 0 spiro atoms. The minimum Gasteiger partial charge on any atom is -0.494 e. The Balaban J connectivity index is 1.69. The van der Waals surface area contributed by atoms with Crippen molar-refractivity contribution in [3.05, 3.63) is 54.1 Å². The molecule has 27 heavy (non-hydrogen) atoms. The van der Waals surface area contributed by atoms with Gasteiger partial charge in [0.15, 0.2) is 0 Å². The summed E-state index contributed by atoms with van der Waals surface area (Å²) in [6.07, 6.45) is -0.00440. The number of imide groups is 1. The highest BCUT2D eigenvalue weighted by Gasteiger charge is 2.39. The summed E-state index contributed by atoms with van der Waals surface area (Å²) >= 11 is 0. The monoisotopic (exact) mass is 368 g/mol. The standard InChI is InChI=1S/C20H20N2O5/c1-2-27-16-9-7-15(8-10-16)22-18(23)12-17(20(22)26)21-14-5-3-13(4-6-14)11-19(24)25/h3-10,17,21H,2,11-12H2,1H3,(H,24,25)/t17-/m1/s1. The van der Waals surface area contributed by atoms with Gasteiger partial charge in [0.05, 0.1) is 25.1 Å². The van der Waals surface area contributed by atoms with E-state index in [-0.39, 0.29) is 24.7 Å². The smallest absolute Gasteiger partial charge is 0.307 e. The second-order valence-electron chi connectivity index (χ2n) is 6.16. The normalized spacial score (nSPS) is 16.5. The summed E-state index contributed by atoms with van der Waals surface area (Å²) in [5, 5.41) is 11.9. The Morgan fingerprint density at radius 2 is 1.81 bits per heavy atom. The number of carboxylic acid groups (broad SMARTS) is 1. The first-order valence-electron chi connectivity index (χ1n) is 8.65. The zero-order valence-corrected chi connectivity index (χ0v) is 14.8. The molecule has 0 unspecified atom stereocenters. The van der Waals surface area contributed by atoms with Gasteiger partial charge in [-0.15, -0.1) is 0 Å². The number of hydrogen-bond donors (Lipinski definition) is 2. The molecule has 2 amide bonds. The van der Waals surface area contributed by atoms with Crippen LogP contribution in [-0.4, -0.2) is 35.5 Å². The second-order valence-corrected chi connectivity index (χ2v) is 6.16. The molecular formula is C20H20N2O5. The lowest BCUT2D eigenvalue weighted by Gasteiger charge is -2.16. The molecular weight excluding hydrogens is 348 g/mol. The zero-order chi connectivity index (χ0) is 19.4. The molecule has 1 atom stereocenters. The van der Waals surface area contributed by atoms with E-state index in [1.54, 1.807) is 48.5 Å². The predicted octanol–water partition coefficient (Wildman–Crippen LogP) is 2.46. The highest BCUT2D eigenvalue weighted by atomic mass is 16.5. The maximum Gasteiger partial charge on any atom is 0.307 e. The Morgan fingerprint density at radius 1 is 1.15 bits per heavy atom. The third-order valence-electron chi connectivity index (χ3n) is 4.20. The molecule has 7 nitrogen and oxygen atoms in total. The summed E-state index contributed by atoms with van der Waals surface area (Å²) < 4.78 is 5.37. The number of rotatable bonds is 7.